The lowest BCUT2D eigenvalue weighted by atomic mass is 10.2. The van der Waals surface area contributed by atoms with Crippen LogP contribution in [0.15, 0.2) is 76.2 Å². The Balaban J connectivity index is 1.31. The van der Waals surface area contributed by atoms with Crippen LogP contribution >= 0.6 is 0 Å². The third-order valence-electron chi connectivity index (χ3n) is 5.02. The van der Waals surface area contributed by atoms with Gasteiger partial charge in [-0.2, -0.15) is 0 Å². The van der Waals surface area contributed by atoms with Crippen molar-refractivity contribution in [1.82, 2.24) is 4.72 Å². The van der Waals surface area contributed by atoms with Crippen LogP contribution in [0.25, 0.3) is 0 Å². The molecule has 1 unspecified atom stereocenters. The van der Waals surface area contributed by atoms with Crippen LogP contribution in [0.3, 0.4) is 0 Å². The Hall–Kier alpha value is -3.14. The number of hydrogen-bond acceptors (Lipinski definition) is 6. The summed E-state index contributed by atoms with van der Waals surface area (Å²) in [6.45, 7) is 1.33. The molecular weight excluding hydrogens is 432 g/mol. The lowest BCUT2D eigenvalue weighted by Gasteiger charge is -2.12. The molecule has 1 aromatic heterocycles. The maximum Gasteiger partial charge on any atom is 0.255 e. The van der Waals surface area contributed by atoms with Gasteiger partial charge in [0.25, 0.3) is 5.91 Å². The van der Waals surface area contributed by atoms with Crippen molar-refractivity contribution in [1.29, 1.82) is 0 Å². The number of sulfonamides is 1. The van der Waals surface area contributed by atoms with Gasteiger partial charge in [0.1, 0.15) is 18.1 Å². The summed E-state index contributed by atoms with van der Waals surface area (Å²) in [6.07, 6.45) is 3.67. The van der Waals surface area contributed by atoms with E-state index in [0.29, 0.717) is 29.4 Å². The van der Waals surface area contributed by atoms with Crippen molar-refractivity contribution in [2.75, 3.05) is 18.5 Å². The first-order valence-electron chi connectivity index (χ1n) is 10.3. The Morgan fingerprint density at radius 1 is 1.06 bits per heavy atom. The molecule has 0 bridgehead atoms. The van der Waals surface area contributed by atoms with Crippen LogP contribution in [0.5, 0.6) is 5.75 Å². The molecular formula is C23H24N2O6S. The topological polar surface area (TPSA) is 107 Å². The molecule has 1 aliphatic heterocycles. The summed E-state index contributed by atoms with van der Waals surface area (Å²) in [6, 6.07) is 16.2. The van der Waals surface area contributed by atoms with Gasteiger partial charge >= 0.3 is 0 Å². The highest BCUT2D eigenvalue weighted by atomic mass is 32.2. The number of rotatable bonds is 9. The van der Waals surface area contributed by atoms with E-state index in [1.165, 1.54) is 18.4 Å². The van der Waals surface area contributed by atoms with E-state index in [1.807, 2.05) is 0 Å². The molecule has 3 aromatic rings. The van der Waals surface area contributed by atoms with E-state index < -0.39 is 10.0 Å². The van der Waals surface area contributed by atoms with E-state index in [0.717, 1.165) is 19.4 Å². The minimum absolute atomic E-state index is 0.0568. The SMILES string of the molecule is O=C(Nc1ccc(S(=O)(=O)NCc2ccco2)cc1)c1ccc(OCC2CCCO2)cc1. The van der Waals surface area contributed by atoms with Gasteiger partial charge in [0.05, 0.1) is 23.8 Å². The number of furan rings is 1. The Labute approximate surface area is 186 Å². The average molecular weight is 457 g/mol. The first kappa shape index (κ1) is 22.1. The van der Waals surface area contributed by atoms with Crippen molar-refractivity contribution in [3.05, 3.63) is 78.3 Å². The Morgan fingerprint density at radius 3 is 2.50 bits per heavy atom. The summed E-state index contributed by atoms with van der Waals surface area (Å²) in [4.78, 5) is 12.6. The maximum absolute atomic E-state index is 12.5. The van der Waals surface area contributed by atoms with E-state index in [-0.39, 0.29) is 23.5 Å². The number of benzene rings is 2. The minimum atomic E-state index is -3.70. The fourth-order valence-corrected chi connectivity index (χ4v) is 4.24. The molecule has 0 radical (unpaired) electrons. The second-order valence-corrected chi connectivity index (χ2v) is 9.12. The van der Waals surface area contributed by atoms with E-state index in [2.05, 4.69) is 10.0 Å². The molecule has 1 aliphatic rings. The molecule has 2 aromatic carbocycles. The molecule has 9 heteroatoms. The minimum Gasteiger partial charge on any atom is -0.491 e. The number of ether oxygens (including phenoxy) is 2. The van der Waals surface area contributed by atoms with Gasteiger partial charge in [0.15, 0.2) is 0 Å². The summed E-state index contributed by atoms with van der Waals surface area (Å²) >= 11 is 0. The molecule has 2 N–H and O–H groups in total. The van der Waals surface area contributed by atoms with Crippen LogP contribution in [0.4, 0.5) is 5.69 Å². The molecule has 0 spiro atoms. The van der Waals surface area contributed by atoms with Crippen LogP contribution in [-0.2, 0) is 21.3 Å². The molecule has 8 nitrogen and oxygen atoms in total. The Bertz CT molecular complexity index is 1120. The molecule has 4 rings (SSSR count). The van der Waals surface area contributed by atoms with Gasteiger partial charge in [-0.25, -0.2) is 13.1 Å². The summed E-state index contributed by atoms with van der Waals surface area (Å²) in [5.74, 6) is 0.886. The molecule has 2 heterocycles. The van der Waals surface area contributed by atoms with Crippen molar-refractivity contribution >= 4 is 21.6 Å². The molecule has 1 fully saturated rings. The quantitative estimate of drug-likeness (QED) is 0.510. The van der Waals surface area contributed by atoms with Crippen LogP contribution < -0.4 is 14.8 Å². The van der Waals surface area contributed by atoms with Crippen molar-refractivity contribution < 1.29 is 27.1 Å². The molecule has 0 saturated carbocycles. The van der Waals surface area contributed by atoms with Crippen LogP contribution in [-0.4, -0.2) is 33.6 Å². The highest BCUT2D eigenvalue weighted by Gasteiger charge is 2.17. The van der Waals surface area contributed by atoms with Gasteiger partial charge in [-0.3, -0.25) is 4.79 Å². The highest BCUT2D eigenvalue weighted by molar-refractivity contribution is 7.89. The maximum atomic E-state index is 12.5. The number of carbonyl (C=O) groups excluding carboxylic acids is 1. The fraction of sp³-hybridized carbons (Fsp3) is 0.261. The van der Waals surface area contributed by atoms with E-state index in [9.17, 15) is 13.2 Å². The van der Waals surface area contributed by atoms with Gasteiger partial charge < -0.3 is 19.2 Å². The summed E-state index contributed by atoms with van der Waals surface area (Å²) in [7, 11) is -3.70. The number of nitrogens with one attached hydrogen (secondary N) is 2. The monoisotopic (exact) mass is 456 g/mol. The summed E-state index contributed by atoms with van der Waals surface area (Å²) < 4.78 is 43.6. The second kappa shape index (κ2) is 9.99. The molecule has 1 amide bonds. The van der Waals surface area contributed by atoms with E-state index >= 15 is 0 Å². The van der Waals surface area contributed by atoms with Crippen LogP contribution in [0, 0.1) is 0 Å². The van der Waals surface area contributed by atoms with E-state index in [4.69, 9.17) is 13.9 Å². The molecule has 32 heavy (non-hydrogen) atoms. The van der Waals surface area contributed by atoms with Crippen LogP contribution in [0.2, 0.25) is 0 Å². The van der Waals surface area contributed by atoms with Gasteiger partial charge in [-0.05, 0) is 73.5 Å². The zero-order valence-electron chi connectivity index (χ0n) is 17.3. The predicted molar refractivity (Wildman–Crippen MR) is 118 cm³/mol. The normalized spacial score (nSPS) is 16.1. The average Bonchev–Trinajstić information content (AvgIpc) is 3.51. The molecule has 168 valence electrons. The van der Waals surface area contributed by atoms with Crippen molar-refractivity contribution in [2.24, 2.45) is 0 Å². The fourth-order valence-electron chi connectivity index (χ4n) is 3.25. The van der Waals surface area contributed by atoms with E-state index in [1.54, 1.807) is 48.5 Å². The largest absolute Gasteiger partial charge is 0.491 e. The second-order valence-electron chi connectivity index (χ2n) is 7.35. The highest BCUT2D eigenvalue weighted by Crippen LogP contribution is 2.19. The van der Waals surface area contributed by atoms with Crippen molar-refractivity contribution in [3.8, 4) is 5.75 Å². The third-order valence-corrected chi connectivity index (χ3v) is 6.43. The third kappa shape index (κ3) is 5.76. The molecule has 1 saturated heterocycles. The molecule has 1 atom stereocenters. The lowest BCUT2D eigenvalue weighted by molar-refractivity contribution is 0.0679. The first-order chi connectivity index (χ1) is 15.5. The van der Waals surface area contributed by atoms with Crippen molar-refractivity contribution in [2.45, 2.75) is 30.4 Å². The van der Waals surface area contributed by atoms with Gasteiger partial charge in [0, 0.05) is 17.9 Å². The Morgan fingerprint density at radius 2 is 1.84 bits per heavy atom. The number of hydrogen-bond donors (Lipinski definition) is 2. The smallest absolute Gasteiger partial charge is 0.255 e. The zero-order valence-corrected chi connectivity index (χ0v) is 18.1. The lowest BCUT2D eigenvalue weighted by Crippen LogP contribution is -2.23. The Kier molecular flexibility index (Phi) is 6.89. The zero-order chi connectivity index (χ0) is 22.4. The predicted octanol–water partition coefficient (Wildman–Crippen LogP) is 3.57. The number of carbonyl (C=O) groups is 1. The van der Waals surface area contributed by atoms with Crippen molar-refractivity contribution in [3.63, 3.8) is 0 Å². The summed E-state index contributed by atoms with van der Waals surface area (Å²) in [5.41, 5.74) is 0.949. The first-order valence-corrected chi connectivity index (χ1v) is 11.8. The van der Waals surface area contributed by atoms with Gasteiger partial charge in [-0.1, -0.05) is 0 Å². The van der Waals surface area contributed by atoms with Crippen LogP contribution in [0.1, 0.15) is 29.0 Å². The number of amides is 1. The van der Waals surface area contributed by atoms with Gasteiger partial charge in [-0.15, -0.1) is 0 Å². The number of anilines is 1. The standard InChI is InChI=1S/C23H24N2O6S/c26-23(17-5-9-19(10-6-17)31-16-21-4-2-14-30-21)25-18-7-11-22(12-8-18)32(27,28)24-15-20-3-1-13-29-20/h1,3,5-13,21,24H,2,4,14-16H2,(H,25,26). The summed E-state index contributed by atoms with van der Waals surface area (Å²) in [5, 5.41) is 2.76. The van der Waals surface area contributed by atoms with Gasteiger partial charge in [0.2, 0.25) is 10.0 Å². The molecule has 0 aliphatic carbocycles.